The van der Waals surface area contributed by atoms with E-state index < -0.39 is 5.54 Å². The molecule has 1 aromatic heterocycles. The SMILES string of the molecule is C=C(/C(=N/NC1CCCCC1)C(C)=[NH2+])N1CC2C(=O)N(C)C(N)=NC2(c2cccs2)C1. The lowest BCUT2D eigenvalue weighted by Gasteiger charge is -2.36. The van der Waals surface area contributed by atoms with E-state index in [1.807, 2.05) is 24.4 Å². The molecule has 1 saturated carbocycles. The van der Waals surface area contributed by atoms with Crippen molar-refractivity contribution >= 4 is 34.6 Å². The predicted octanol–water partition coefficient (Wildman–Crippen LogP) is 0.674. The maximum Gasteiger partial charge on any atom is 0.236 e. The van der Waals surface area contributed by atoms with Crippen LogP contribution >= 0.6 is 11.3 Å². The fourth-order valence-electron chi connectivity index (χ4n) is 4.81. The highest BCUT2D eigenvalue weighted by atomic mass is 32.1. The highest BCUT2D eigenvalue weighted by Crippen LogP contribution is 2.46. The molecule has 9 heteroatoms. The van der Waals surface area contributed by atoms with Gasteiger partial charge in [0.05, 0.1) is 11.6 Å². The molecular weight excluding hydrogens is 410 g/mol. The minimum Gasteiger partial charge on any atom is -0.369 e. The summed E-state index contributed by atoms with van der Waals surface area (Å²) in [6.07, 6.45) is 5.97. The molecule has 1 amide bonds. The maximum absolute atomic E-state index is 13.2. The van der Waals surface area contributed by atoms with Gasteiger partial charge in [-0.05, 0) is 24.3 Å². The molecular formula is C22H32N7OS+. The normalized spacial score (nSPS) is 27.2. The minimum absolute atomic E-state index is 0.0246. The van der Waals surface area contributed by atoms with E-state index in [4.69, 9.17) is 16.1 Å². The van der Waals surface area contributed by atoms with Crippen molar-refractivity contribution in [2.24, 2.45) is 21.7 Å². The van der Waals surface area contributed by atoms with Gasteiger partial charge in [-0.25, -0.2) is 4.99 Å². The number of nitrogens with one attached hydrogen (secondary N) is 1. The Morgan fingerprint density at radius 3 is 2.81 bits per heavy atom. The zero-order valence-electron chi connectivity index (χ0n) is 18.3. The number of nitrogens with two attached hydrogens (primary N) is 2. The van der Waals surface area contributed by atoms with E-state index in [2.05, 4.69) is 22.0 Å². The first-order valence-corrected chi connectivity index (χ1v) is 11.7. The Bertz CT molecular complexity index is 932. The molecule has 2 unspecified atom stereocenters. The third-order valence-electron chi connectivity index (χ3n) is 6.64. The van der Waals surface area contributed by atoms with Crippen LogP contribution in [-0.2, 0) is 10.3 Å². The monoisotopic (exact) mass is 442 g/mol. The van der Waals surface area contributed by atoms with E-state index in [0.29, 0.717) is 36.3 Å². The van der Waals surface area contributed by atoms with Gasteiger partial charge in [-0.15, -0.1) is 11.3 Å². The van der Waals surface area contributed by atoms with Crippen LogP contribution in [0.15, 0.2) is 39.9 Å². The smallest absolute Gasteiger partial charge is 0.236 e. The summed E-state index contributed by atoms with van der Waals surface area (Å²) in [6.45, 7) is 7.14. The molecule has 5 N–H and O–H groups in total. The number of nitrogens with zero attached hydrogens (tertiary/aromatic N) is 4. The van der Waals surface area contributed by atoms with E-state index in [9.17, 15) is 4.79 Å². The fraction of sp³-hybridized carbons (Fsp3) is 0.545. The average Bonchev–Trinajstić information content (AvgIpc) is 3.42. The lowest BCUT2D eigenvalue weighted by molar-refractivity contribution is -0.132. The van der Waals surface area contributed by atoms with Gasteiger partial charge in [0.25, 0.3) is 0 Å². The number of guanidine groups is 1. The summed E-state index contributed by atoms with van der Waals surface area (Å²) in [5.74, 6) is -0.120. The van der Waals surface area contributed by atoms with Crippen molar-refractivity contribution in [1.82, 2.24) is 15.2 Å². The number of amides is 1. The number of carbonyl (C=O) groups excluding carboxylic acids is 1. The third-order valence-corrected chi connectivity index (χ3v) is 7.67. The quantitative estimate of drug-likeness (QED) is 0.444. The van der Waals surface area contributed by atoms with Gasteiger partial charge >= 0.3 is 0 Å². The Hall–Kier alpha value is -2.68. The number of likely N-dealkylation sites (tertiary alicyclic amines) is 1. The molecule has 1 saturated heterocycles. The van der Waals surface area contributed by atoms with Crippen LogP contribution in [0.4, 0.5) is 0 Å². The second-order valence-electron chi connectivity index (χ2n) is 8.76. The molecule has 3 aliphatic rings. The Balaban J connectivity index is 1.62. The number of carbonyl (C=O) groups is 1. The molecule has 4 rings (SSSR count). The first kappa shape index (κ1) is 21.5. The van der Waals surface area contributed by atoms with Crippen LogP contribution < -0.4 is 16.6 Å². The molecule has 1 aliphatic carbocycles. The van der Waals surface area contributed by atoms with Gasteiger partial charge in [-0.1, -0.05) is 31.9 Å². The van der Waals surface area contributed by atoms with Crippen molar-refractivity contribution in [1.29, 1.82) is 0 Å². The number of allylic oxidation sites excluding steroid dienone is 1. The van der Waals surface area contributed by atoms with Crippen molar-refractivity contribution in [3.05, 3.63) is 34.7 Å². The van der Waals surface area contributed by atoms with E-state index in [1.54, 1.807) is 18.4 Å². The second kappa shape index (κ2) is 8.45. The Morgan fingerprint density at radius 1 is 1.42 bits per heavy atom. The molecule has 2 fully saturated rings. The van der Waals surface area contributed by atoms with Crippen molar-refractivity contribution in [2.75, 3.05) is 20.1 Å². The molecule has 31 heavy (non-hydrogen) atoms. The first-order chi connectivity index (χ1) is 14.8. The molecule has 0 bridgehead atoms. The number of aliphatic imine (C=N–C) groups is 1. The van der Waals surface area contributed by atoms with Gasteiger partial charge in [0, 0.05) is 38.0 Å². The first-order valence-electron chi connectivity index (χ1n) is 10.9. The minimum atomic E-state index is -0.713. The van der Waals surface area contributed by atoms with Crippen molar-refractivity contribution in [2.45, 2.75) is 50.6 Å². The number of hydrogen-bond donors (Lipinski definition) is 3. The molecule has 1 aromatic rings. The van der Waals surface area contributed by atoms with Crippen LogP contribution in [0.25, 0.3) is 0 Å². The van der Waals surface area contributed by atoms with Crippen LogP contribution in [0.1, 0.15) is 43.9 Å². The summed E-state index contributed by atoms with van der Waals surface area (Å²) < 4.78 is 0. The third kappa shape index (κ3) is 3.86. The van der Waals surface area contributed by atoms with Crippen LogP contribution in [0.2, 0.25) is 0 Å². The summed E-state index contributed by atoms with van der Waals surface area (Å²) in [7, 11) is 1.68. The largest absolute Gasteiger partial charge is 0.369 e. The molecule has 3 heterocycles. The Morgan fingerprint density at radius 2 is 2.16 bits per heavy atom. The molecule has 8 nitrogen and oxygen atoms in total. The van der Waals surface area contributed by atoms with Crippen molar-refractivity contribution in [3.63, 3.8) is 0 Å². The van der Waals surface area contributed by atoms with Gasteiger partial charge < -0.3 is 16.1 Å². The summed E-state index contributed by atoms with van der Waals surface area (Å²) in [4.78, 5) is 22.6. The molecule has 0 radical (unpaired) electrons. The number of thiophene rings is 1. The van der Waals surface area contributed by atoms with Crippen LogP contribution in [0, 0.1) is 5.92 Å². The molecule has 2 atom stereocenters. The molecule has 0 aromatic carbocycles. The van der Waals surface area contributed by atoms with Crippen molar-refractivity contribution in [3.8, 4) is 0 Å². The number of hydrazone groups is 1. The summed E-state index contributed by atoms with van der Waals surface area (Å²) in [5.41, 5.74) is 10.7. The van der Waals surface area contributed by atoms with Crippen LogP contribution in [0.5, 0.6) is 0 Å². The zero-order valence-corrected chi connectivity index (χ0v) is 19.1. The maximum atomic E-state index is 13.2. The van der Waals surface area contributed by atoms with Gasteiger partial charge in [0.2, 0.25) is 5.91 Å². The zero-order chi connectivity index (χ0) is 22.2. The number of fused-ring (bicyclic) bond motifs is 1. The molecule has 2 aliphatic heterocycles. The summed E-state index contributed by atoms with van der Waals surface area (Å²) in [5, 5.41) is 12.9. The Labute approximate surface area is 187 Å². The Kier molecular flexibility index (Phi) is 5.88. The lowest BCUT2D eigenvalue weighted by Crippen LogP contribution is -2.54. The van der Waals surface area contributed by atoms with Gasteiger partial charge in [0.1, 0.15) is 5.54 Å². The molecule has 166 valence electrons. The highest BCUT2D eigenvalue weighted by Gasteiger charge is 2.56. The number of rotatable bonds is 6. The topological polar surface area (TPSA) is 112 Å². The second-order valence-corrected chi connectivity index (χ2v) is 9.70. The van der Waals surface area contributed by atoms with Gasteiger partial charge in [-0.3, -0.25) is 15.1 Å². The van der Waals surface area contributed by atoms with Crippen molar-refractivity contribution < 1.29 is 10.2 Å². The van der Waals surface area contributed by atoms with Gasteiger partial charge in [0.15, 0.2) is 17.4 Å². The van der Waals surface area contributed by atoms with E-state index in [1.165, 1.54) is 24.2 Å². The number of hydrogen-bond acceptors (Lipinski definition) is 7. The van der Waals surface area contributed by atoms with E-state index in [0.717, 1.165) is 17.7 Å². The molecule has 0 spiro atoms. The van der Waals surface area contributed by atoms with E-state index in [-0.39, 0.29) is 17.8 Å². The average molecular weight is 443 g/mol. The van der Waals surface area contributed by atoms with Gasteiger partial charge in [-0.2, -0.15) is 5.10 Å². The summed E-state index contributed by atoms with van der Waals surface area (Å²) in [6, 6.07) is 4.38. The fourth-order valence-corrected chi connectivity index (χ4v) is 5.73. The van der Waals surface area contributed by atoms with Crippen LogP contribution in [-0.4, -0.2) is 59.3 Å². The highest BCUT2D eigenvalue weighted by molar-refractivity contribution is 7.10. The predicted molar refractivity (Wildman–Crippen MR) is 125 cm³/mol. The lowest BCUT2D eigenvalue weighted by atomic mass is 9.84. The standard InChI is InChI=1S/C22H31N7OS/c1-14(23)19(27-26-16-8-5-4-6-9-16)15(2)29-12-17-20(30)28(3)21(24)25-22(17,13-29)18-10-7-11-31-18/h7,10-11,16-17,23,26H,2,4-6,8-9,12-13H2,1,3H3,(H2,24,25)/p+1/b23-14?,27-19+. The summed E-state index contributed by atoms with van der Waals surface area (Å²) >= 11 is 1.60. The van der Waals surface area contributed by atoms with Crippen LogP contribution in [0.3, 0.4) is 0 Å². The van der Waals surface area contributed by atoms with E-state index >= 15 is 0 Å².